The number of nitrogens with zero attached hydrogens (tertiary/aromatic N) is 1. The number of carbonyl (C=O) groups excluding carboxylic acids is 1. The lowest BCUT2D eigenvalue weighted by atomic mass is 10.1. The number of rotatable bonds is 5. The average molecular weight is 303 g/mol. The molecule has 2 aromatic rings. The number of benzene rings is 1. The number of carboxylic acids is 1. The molecule has 0 aliphatic rings. The van der Waals surface area contributed by atoms with Gasteiger partial charge >= 0.3 is 5.97 Å². The molecular formula is C16H17NO3S. The molecule has 0 bridgehead atoms. The molecule has 0 radical (unpaired) electrons. The van der Waals surface area contributed by atoms with Crippen molar-refractivity contribution in [3.8, 4) is 0 Å². The zero-order valence-corrected chi connectivity index (χ0v) is 12.8. The van der Waals surface area contributed by atoms with E-state index in [4.69, 9.17) is 5.11 Å². The van der Waals surface area contributed by atoms with E-state index < -0.39 is 5.97 Å². The lowest BCUT2D eigenvalue weighted by Crippen LogP contribution is -2.29. The van der Waals surface area contributed by atoms with E-state index in [1.807, 2.05) is 24.4 Å². The molecule has 1 N–H and O–H groups in total. The Balaban J connectivity index is 2.02. The van der Waals surface area contributed by atoms with Crippen LogP contribution in [0.15, 0.2) is 41.8 Å². The van der Waals surface area contributed by atoms with Crippen LogP contribution in [0.2, 0.25) is 0 Å². The van der Waals surface area contributed by atoms with Gasteiger partial charge in [0.1, 0.15) is 0 Å². The van der Waals surface area contributed by atoms with Crippen LogP contribution in [0, 0.1) is 0 Å². The largest absolute Gasteiger partial charge is 0.478 e. The Morgan fingerprint density at radius 1 is 1.24 bits per heavy atom. The van der Waals surface area contributed by atoms with E-state index >= 15 is 0 Å². The maximum Gasteiger partial charge on any atom is 0.335 e. The SMILES string of the molecule is CC(C(=O)N(C)Cc1ccc(C(=O)O)cc1)c1cccs1. The molecule has 0 aliphatic heterocycles. The number of thiophene rings is 1. The van der Waals surface area contributed by atoms with Crippen molar-refractivity contribution in [3.05, 3.63) is 57.8 Å². The summed E-state index contributed by atoms with van der Waals surface area (Å²) < 4.78 is 0. The van der Waals surface area contributed by atoms with Crippen LogP contribution in [0.3, 0.4) is 0 Å². The highest BCUT2D eigenvalue weighted by molar-refractivity contribution is 7.10. The Bertz CT molecular complexity index is 619. The zero-order chi connectivity index (χ0) is 15.4. The quantitative estimate of drug-likeness (QED) is 0.922. The molecule has 4 nitrogen and oxygen atoms in total. The van der Waals surface area contributed by atoms with Gasteiger partial charge in [-0.2, -0.15) is 0 Å². The van der Waals surface area contributed by atoms with Gasteiger partial charge in [-0.1, -0.05) is 18.2 Å². The Morgan fingerprint density at radius 2 is 1.90 bits per heavy atom. The lowest BCUT2D eigenvalue weighted by Gasteiger charge is -2.21. The highest BCUT2D eigenvalue weighted by Gasteiger charge is 2.20. The van der Waals surface area contributed by atoms with Crippen LogP contribution < -0.4 is 0 Å². The van der Waals surface area contributed by atoms with Gasteiger partial charge in [0.05, 0.1) is 11.5 Å². The second-order valence-corrected chi connectivity index (χ2v) is 5.91. The normalized spacial score (nSPS) is 11.9. The second-order valence-electron chi connectivity index (χ2n) is 4.93. The van der Waals surface area contributed by atoms with Crippen molar-refractivity contribution in [2.75, 3.05) is 7.05 Å². The van der Waals surface area contributed by atoms with Crippen molar-refractivity contribution >= 4 is 23.2 Å². The summed E-state index contributed by atoms with van der Waals surface area (Å²) >= 11 is 1.58. The molecular weight excluding hydrogens is 286 g/mol. The minimum Gasteiger partial charge on any atom is -0.478 e. The summed E-state index contributed by atoms with van der Waals surface area (Å²) in [6.45, 7) is 2.37. The molecule has 1 atom stereocenters. The molecule has 0 aliphatic carbocycles. The van der Waals surface area contributed by atoms with Gasteiger partial charge < -0.3 is 10.0 Å². The van der Waals surface area contributed by atoms with Gasteiger partial charge in [-0.3, -0.25) is 4.79 Å². The maximum atomic E-state index is 12.4. The van der Waals surface area contributed by atoms with E-state index in [2.05, 4.69) is 0 Å². The first-order valence-corrected chi connectivity index (χ1v) is 7.47. The third kappa shape index (κ3) is 3.70. The minimum atomic E-state index is -0.947. The van der Waals surface area contributed by atoms with E-state index in [1.165, 1.54) is 0 Å². The van der Waals surface area contributed by atoms with Gasteiger partial charge in [-0.15, -0.1) is 11.3 Å². The van der Waals surface area contributed by atoms with Crippen LogP contribution in [-0.4, -0.2) is 28.9 Å². The highest BCUT2D eigenvalue weighted by Crippen LogP contribution is 2.23. The molecule has 5 heteroatoms. The van der Waals surface area contributed by atoms with Gasteiger partial charge in [-0.25, -0.2) is 4.79 Å². The van der Waals surface area contributed by atoms with Crippen molar-refractivity contribution < 1.29 is 14.7 Å². The third-order valence-corrected chi connectivity index (χ3v) is 4.39. The monoisotopic (exact) mass is 303 g/mol. The van der Waals surface area contributed by atoms with Crippen LogP contribution in [0.1, 0.15) is 33.6 Å². The van der Waals surface area contributed by atoms with Gasteiger partial charge in [0.25, 0.3) is 0 Å². The third-order valence-electron chi connectivity index (χ3n) is 3.34. The Morgan fingerprint density at radius 3 is 2.43 bits per heavy atom. The maximum absolute atomic E-state index is 12.4. The highest BCUT2D eigenvalue weighted by atomic mass is 32.1. The fourth-order valence-corrected chi connectivity index (χ4v) is 2.87. The molecule has 0 saturated heterocycles. The van der Waals surface area contributed by atoms with E-state index in [1.54, 1.807) is 47.5 Å². The molecule has 110 valence electrons. The van der Waals surface area contributed by atoms with Crippen molar-refractivity contribution in [2.45, 2.75) is 19.4 Å². The first-order chi connectivity index (χ1) is 9.99. The van der Waals surface area contributed by atoms with Crippen LogP contribution in [0.4, 0.5) is 0 Å². The smallest absolute Gasteiger partial charge is 0.335 e. The predicted molar refractivity (Wildman–Crippen MR) is 82.6 cm³/mol. The van der Waals surface area contributed by atoms with Crippen LogP contribution in [-0.2, 0) is 11.3 Å². The molecule has 1 amide bonds. The van der Waals surface area contributed by atoms with Crippen LogP contribution in [0.5, 0.6) is 0 Å². The number of likely N-dealkylation sites (N-methyl/N-ethyl adjacent to an activating group) is 1. The molecule has 1 heterocycles. The molecule has 0 spiro atoms. The fourth-order valence-electron chi connectivity index (χ4n) is 2.09. The molecule has 1 unspecified atom stereocenters. The average Bonchev–Trinajstić information content (AvgIpc) is 3.00. The molecule has 0 saturated carbocycles. The van der Waals surface area contributed by atoms with Crippen LogP contribution >= 0.6 is 11.3 Å². The Labute approximate surface area is 127 Å². The van der Waals surface area contributed by atoms with Crippen molar-refractivity contribution in [3.63, 3.8) is 0 Å². The Kier molecular flexibility index (Phi) is 4.75. The number of amides is 1. The van der Waals surface area contributed by atoms with Crippen molar-refractivity contribution in [1.82, 2.24) is 4.90 Å². The summed E-state index contributed by atoms with van der Waals surface area (Å²) in [5, 5.41) is 10.8. The first kappa shape index (κ1) is 15.3. The second kappa shape index (κ2) is 6.54. The van der Waals surface area contributed by atoms with E-state index in [9.17, 15) is 9.59 Å². The molecule has 21 heavy (non-hydrogen) atoms. The standard InChI is InChI=1S/C16H17NO3S/c1-11(14-4-3-9-21-14)15(18)17(2)10-12-5-7-13(8-6-12)16(19)20/h3-9,11H,10H2,1-2H3,(H,19,20). The summed E-state index contributed by atoms with van der Waals surface area (Å²) in [4.78, 5) is 25.9. The Hall–Kier alpha value is -2.14. The summed E-state index contributed by atoms with van der Waals surface area (Å²) in [6.07, 6.45) is 0. The van der Waals surface area contributed by atoms with Crippen LogP contribution in [0.25, 0.3) is 0 Å². The lowest BCUT2D eigenvalue weighted by molar-refractivity contribution is -0.131. The van der Waals surface area contributed by atoms with Gasteiger partial charge in [-0.05, 0) is 36.1 Å². The van der Waals surface area contributed by atoms with E-state index in [-0.39, 0.29) is 17.4 Å². The van der Waals surface area contributed by atoms with Crippen molar-refractivity contribution in [1.29, 1.82) is 0 Å². The topological polar surface area (TPSA) is 57.6 Å². The first-order valence-electron chi connectivity index (χ1n) is 6.59. The van der Waals surface area contributed by atoms with Gasteiger partial charge in [0.15, 0.2) is 0 Å². The summed E-state index contributed by atoms with van der Waals surface area (Å²) in [7, 11) is 1.76. The zero-order valence-electron chi connectivity index (χ0n) is 11.9. The van der Waals surface area contributed by atoms with Gasteiger partial charge in [0.2, 0.25) is 5.91 Å². The summed E-state index contributed by atoms with van der Waals surface area (Å²) in [5.74, 6) is -1.05. The number of hydrogen-bond donors (Lipinski definition) is 1. The summed E-state index contributed by atoms with van der Waals surface area (Å²) in [5.41, 5.74) is 1.16. The number of hydrogen-bond acceptors (Lipinski definition) is 3. The molecule has 1 aromatic carbocycles. The number of carboxylic acid groups (broad SMARTS) is 1. The number of carbonyl (C=O) groups is 2. The minimum absolute atomic E-state index is 0.0553. The van der Waals surface area contributed by atoms with E-state index in [0.29, 0.717) is 6.54 Å². The number of aromatic carboxylic acids is 1. The molecule has 0 fully saturated rings. The van der Waals surface area contributed by atoms with E-state index in [0.717, 1.165) is 10.4 Å². The fraction of sp³-hybridized carbons (Fsp3) is 0.250. The van der Waals surface area contributed by atoms with Gasteiger partial charge in [0, 0.05) is 18.5 Å². The predicted octanol–water partition coefficient (Wildman–Crippen LogP) is 3.21. The molecule has 1 aromatic heterocycles. The molecule has 2 rings (SSSR count). The summed E-state index contributed by atoms with van der Waals surface area (Å²) in [6, 6.07) is 10.5. The van der Waals surface area contributed by atoms with Crippen molar-refractivity contribution in [2.24, 2.45) is 0 Å².